The van der Waals surface area contributed by atoms with Crippen molar-refractivity contribution in [1.29, 1.82) is 0 Å². The minimum atomic E-state index is -4.60. The normalized spacial score (nSPS) is 11.8. The van der Waals surface area contributed by atoms with E-state index >= 15 is 0 Å². The molecular weight excluding hydrogens is 495 g/mol. The molecule has 7 nitrogen and oxygen atoms in total. The Balaban J connectivity index is 1.90. The van der Waals surface area contributed by atoms with Gasteiger partial charge in [-0.1, -0.05) is 41.0 Å². The van der Waals surface area contributed by atoms with Crippen LogP contribution in [0.2, 0.25) is 5.02 Å². The monoisotopic (exact) mass is 511 g/mol. The van der Waals surface area contributed by atoms with E-state index < -0.39 is 17.7 Å². The topological polar surface area (TPSA) is 82.9 Å². The molecule has 0 amide bonds. The molecule has 0 aliphatic heterocycles. The zero-order valence-corrected chi connectivity index (χ0v) is 19.6. The second-order valence-electron chi connectivity index (χ2n) is 6.55. The first-order valence-corrected chi connectivity index (χ1v) is 10.7. The average Bonchev–Trinajstić information content (AvgIpc) is 2.81. The lowest BCUT2D eigenvalue weighted by atomic mass is 10.0. The molecule has 0 atom stereocenters. The molecule has 178 valence electrons. The lowest BCUT2D eigenvalue weighted by molar-refractivity contribution is -0.137. The molecule has 0 radical (unpaired) electrons. The highest BCUT2D eigenvalue weighted by Crippen LogP contribution is 2.35. The molecule has 34 heavy (non-hydrogen) atoms. The van der Waals surface area contributed by atoms with Crippen molar-refractivity contribution in [2.45, 2.75) is 23.2 Å². The summed E-state index contributed by atoms with van der Waals surface area (Å²) in [6, 6.07) is 11.0. The molecule has 0 aliphatic carbocycles. The molecule has 0 unspecified atom stereocenters. The van der Waals surface area contributed by atoms with Gasteiger partial charge in [-0.3, -0.25) is 0 Å². The summed E-state index contributed by atoms with van der Waals surface area (Å²) in [5, 5.41) is 3.87. The third kappa shape index (κ3) is 5.97. The van der Waals surface area contributed by atoms with E-state index in [1.807, 2.05) is 0 Å². The first kappa shape index (κ1) is 25.3. The fourth-order valence-corrected chi connectivity index (χ4v) is 3.99. The van der Waals surface area contributed by atoms with Crippen LogP contribution in [-0.2, 0) is 11.0 Å². The van der Waals surface area contributed by atoms with Gasteiger partial charge in [0.25, 0.3) is 0 Å². The standard InChI is InChI=1S/C22H17ClF3N3O4S/c1-12(13-7-4-5-8-14(13)22(24,25)26)29-33-20(30)19-15(23)9-6-10-16(19)34-21-27-17(31-2)11-18(28-21)32-3/h4-11H,1-3H3/b29-12+. The maximum Gasteiger partial charge on any atom is 0.417 e. The van der Waals surface area contributed by atoms with Crippen LogP contribution in [0.25, 0.3) is 0 Å². The summed E-state index contributed by atoms with van der Waals surface area (Å²) in [4.78, 5) is 26.5. The Kier molecular flexibility index (Phi) is 8.00. The molecule has 12 heteroatoms. The van der Waals surface area contributed by atoms with E-state index in [2.05, 4.69) is 15.1 Å². The van der Waals surface area contributed by atoms with Crippen molar-refractivity contribution < 1.29 is 32.3 Å². The number of hydrogen-bond acceptors (Lipinski definition) is 8. The van der Waals surface area contributed by atoms with Crippen LogP contribution in [0.15, 0.2) is 63.7 Å². The zero-order chi connectivity index (χ0) is 24.9. The van der Waals surface area contributed by atoms with E-state index in [-0.39, 0.29) is 38.8 Å². The first-order valence-electron chi connectivity index (χ1n) is 9.50. The number of benzene rings is 2. The van der Waals surface area contributed by atoms with Crippen LogP contribution in [0, 0.1) is 0 Å². The van der Waals surface area contributed by atoms with Crippen LogP contribution in [-0.4, -0.2) is 35.9 Å². The molecular formula is C22H17ClF3N3O4S. The summed E-state index contributed by atoms with van der Waals surface area (Å²) < 4.78 is 50.1. The van der Waals surface area contributed by atoms with Crippen molar-refractivity contribution in [3.8, 4) is 11.8 Å². The van der Waals surface area contributed by atoms with Gasteiger partial charge in [0.05, 0.1) is 42.1 Å². The second-order valence-corrected chi connectivity index (χ2v) is 7.97. The maximum absolute atomic E-state index is 13.3. The lowest BCUT2D eigenvalue weighted by Gasteiger charge is -2.12. The van der Waals surface area contributed by atoms with Gasteiger partial charge in [-0.2, -0.15) is 23.1 Å². The number of oxime groups is 1. The van der Waals surface area contributed by atoms with Crippen molar-refractivity contribution in [3.05, 3.63) is 70.2 Å². The number of rotatable bonds is 7. The van der Waals surface area contributed by atoms with E-state index in [0.717, 1.165) is 17.8 Å². The third-order valence-corrected chi connectivity index (χ3v) is 5.59. The molecule has 1 aromatic heterocycles. The molecule has 0 saturated carbocycles. The molecule has 0 spiro atoms. The quantitative estimate of drug-likeness (QED) is 0.169. The molecule has 1 heterocycles. The summed E-state index contributed by atoms with van der Waals surface area (Å²) in [6.45, 7) is 1.30. The third-order valence-electron chi connectivity index (χ3n) is 4.35. The van der Waals surface area contributed by atoms with Crippen molar-refractivity contribution in [3.63, 3.8) is 0 Å². The average molecular weight is 512 g/mol. The zero-order valence-electron chi connectivity index (χ0n) is 18.0. The Morgan fingerprint density at radius 2 is 1.68 bits per heavy atom. The number of carbonyl (C=O) groups excluding carboxylic acids is 1. The number of carbonyl (C=O) groups is 1. The summed E-state index contributed by atoms with van der Waals surface area (Å²) in [7, 11) is 2.85. The number of alkyl halides is 3. The number of hydrogen-bond donors (Lipinski definition) is 0. The van der Waals surface area contributed by atoms with Crippen LogP contribution < -0.4 is 9.47 Å². The van der Waals surface area contributed by atoms with Gasteiger partial charge < -0.3 is 14.3 Å². The van der Waals surface area contributed by atoms with Crippen LogP contribution >= 0.6 is 23.4 Å². The molecule has 0 fully saturated rings. The van der Waals surface area contributed by atoms with Gasteiger partial charge >= 0.3 is 12.1 Å². The fourth-order valence-electron chi connectivity index (χ4n) is 2.77. The van der Waals surface area contributed by atoms with Crippen molar-refractivity contribution in [1.82, 2.24) is 9.97 Å². The number of methoxy groups -OCH3 is 2. The second kappa shape index (κ2) is 10.7. The fraction of sp³-hybridized carbons (Fsp3) is 0.182. The highest BCUT2D eigenvalue weighted by atomic mass is 35.5. The number of aromatic nitrogens is 2. The van der Waals surface area contributed by atoms with Gasteiger partial charge in [-0.05, 0) is 36.9 Å². The smallest absolute Gasteiger partial charge is 0.417 e. The predicted octanol–water partition coefficient (Wildman–Crippen LogP) is 5.90. The summed E-state index contributed by atoms with van der Waals surface area (Å²) in [5.74, 6) is -0.486. The van der Waals surface area contributed by atoms with E-state index in [1.54, 1.807) is 12.1 Å². The van der Waals surface area contributed by atoms with Crippen molar-refractivity contribution in [2.75, 3.05) is 14.2 Å². The minimum absolute atomic E-state index is 0.0494. The number of halogens is 4. The van der Waals surface area contributed by atoms with Gasteiger partial charge in [0.2, 0.25) is 11.8 Å². The van der Waals surface area contributed by atoms with Crippen molar-refractivity contribution in [2.24, 2.45) is 5.16 Å². The number of ether oxygens (including phenoxy) is 2. The van der Waals surface area contributed by atoms with Gasteiger partial charge in [-0.15, -0.1) is 0 Å². The largest absolute Gasteiger partial charge is 0.481 e. The first-order chi connectivity index (χ1) is 16.1. The van der Waals surface area contributed by atoms with Crippen LogP contribution in [0.1, 0.15) is 28.4 Å². The maximum atomic E-state index is 13.3. The summed E-state index contributed by atoms with van der Waals surface area (Å²) >= 11 is 7.21. The van der Waals surface area contributed by atoms with Crippen molar-refractivity contribution >= 4 is 35.0 Å². The minimum Gasteiger partial charge on any atom is -0.481 e. The Morgan fingerprint density at radius 1 is 1.03 bits per heavy atom. The summed E-state index contributed by atoms with van der Waals surface area (Å²) in [5.41, 5.74) is -1.30. The van der Waals surface area contributed by atoms with E-state index in [9.17, 15) is 18.0 Å². The lowest BCUT2D eigenvalue weighted by Crippen LogP contribution is -2.13. The Hall–Kier alpha value is -3.31. The Labute approximate surface area is 201 Å². The van der Waals surface area contributed by atoms with E-state index in [4.69, 9.17) is 25.9 Å². The Morgan fingerprint density at radius 3 is 2.29 bits per heavy atom. The predicted molar refractivity (Wildman–Crippen MR) is 120 cm³/mol. The Bertz CT molecular complexity index is 1220. The van der Waals surface area contributed by atoms with Crippen LogP contribution in [0.5, 0.6) is 11.8 Å². The summed E-state index contributed by atoms with van der Waals surface area (Å²) in [6.07, 6.45) is -4.60. The van der Waals surface area contributed by atoms with Crippen LogP contribution in [0.4, 0.5) is 13.2 Å². The van der Waals surface area contributed by atoms with E-state index in [0.29, 0.717) is 4.90 Å². The van der Waals surface area contributed by atoms with E-state index in [1.165, 1.54) is 51.5 Å². The van der Waals surface area contributed by atoms with Crippen LogP contribution in [0.3, 0.4) is 0 Å². The molecule has 3 rings (SSSR count). The SMILES string of the molecule is COc1cc(OC)nc(Sc2cccc(Cl)c2C(=O)O/N=C(\C)c2ccccc2C(F)(F)F)n1. The molecule has 0 saturated heterocycles. The molecule has 0 N–H and O–H groups in total. The number of nitrogens with zero attached hydrogens (tertiary/aromatic N) is 3. The van der Waals surface area contributed by atoms with Gasteiger partial charge in [0.1, 0.15) is 0 Å². The highest BCUT2D eigenvalue weighted by Gasteiger charge is 2.33. The molecule has 0 bridgehead atoms. The molecule has 2 aromatic carbocycles. The van der Waals surface area contributed by atoms with Gasteiger partial charge in [-0.25, -0.2) is 4.79 Å². The van der Waals surface area contributed by atoms with Gasteiger partial charge in [0, 0.05) is 10.5 Å². The molecule has 3 aromatic rings. The highest BCUT2D eigenvalue weighted by molar-refractivity contribution is 7.99. The van der Waals surface area contributed by atoms with Gasteiger partial charge in [0.15, 0.2) is 5.16 Å². The molecule has 0 aliphatic rings.